The predicted octanol–water partition coefficient (Wildman–Crippen LogP) is 1.23. The number of phenolic OH excluding ortho intramolecular Hbond substituents is 1. The maximum absolute atomic E-state index is 13.0. The van der Waals surface area contributed by atoms with E-state index < -0.39 is 50.6 Å². The van der Waals surface area contributed by atoms with E-state index in [0.717, 1.165) is 30.9 Å². The lowest BCUT2D eigenvalue weighted by atomic mass is 9.91. The van der Waals surface area contributed by atoms with Crippen molar-refractivity contribution in [3.05, 3.63) is 46.7 Å². The van der Waals surface area contributed by atoms with Gasteiger partial charge in [0.15, 0.2) is 19.7 Å². The number of phenols is 1. The number of hydrogen-bond acceptors (Lipinski definition) is 10. The van der Waals surface area contributed by atoms with Crippen LogP contribution in [0.25, 0.3) is 6.08 Å². The second-order valence-electron chi connectivity index (χ2n) is 8.89. The van der Waals surface area contributed by atoms with Crippen LogP contribution in [0.15, 0.2) is 35.5 Å². The number of benzene rings is 1. The average Bonchev–Trinajstić information content (AvgIpc) is 3.53. The summed E-state index contributed by atoms with van der Waals surface area (Å²) in [4.78, 5) is 27.8. The number of nitrogens with zero attached hydrogens (tertiary/aromatic N) is 1. The summed E-state index contributed by atoms with van der Waals surface area (Å²) in [5, 5.41) is 10.1. The summed E-state index contributed by atoms with van der Waals surface area (Å²) in [6, 6.07) is 4.51. The molecule has 0 spiro atoms. The molecule has 10 nitrogen and oxygen atoms in total. The predicted molar refractivity (Wildman–Crippen MR) is 129 cm³/mol. The monoisotopic (exact) mass is 527 g/mol. The molecule has 1 fully saturated rings. The molecule has 35 heavy (non-hydrogen) atoms. The molecule has 2 aliphatic rings. The average molecular weight is 528 g/mol. The van der Waals surface area contributed by atoms with Crippen molar-refractivity contribution in [3.8, 4) is 5.75 Å². The number of fused-ring (bicyclic) bond motifs is 1. The highest BCUT2D eigenvalue weighted by molar-refractivity contribution is 7.90. The maximum atomic E-state index is 13.0. The van der Waals surface area contributed by atoms with E-state index in [1.165, 1.54) is 18.3 Å². The standard InChI is InChI=1S/C23H29NO9S2/c1-24-14-20(23(27)33-9-11-35(3,30)31)19(22(26)32-8-10-34(2,28)29)12-16-6-7-17(25)13-18(16)21(24)15-4-5-15/h6-7,12-15,21,25H,4-5,8-11H2,1-3H3. The summed E-state index contributed by atoms with van der Waals surface area (Å²) in [7, 11) is -5.03. The highest BCUT2D eigenvalue weighted by atomic mass is 32.2. The van der Waals surface area contributed by atoms with Crippen molar-refractivity contribution in [3.63, 3.8) is 0 Å². The minimum atomic E-state index is -3.39. The lowest BCUT2D eigenvalue weighted by molar-refractivity contribution is -0.142. The van der Waals surface area contributed by atoms with Gasteiger partial charge in [-0.15, -0.1) is 0 Å². The van der Waals surface area contributed by atoms with Crippen LogP contribution < -0.4 is 0 Å². The third-order valence-electron chi connectivity index (χ3n) is 5.63. The van der Waals surface area contributed by atoms with Crippen molar-refractivity contribution in [1.29, 1.82) is 0 Å². The van der Waals surface area contributed by atoms with E-state index in [0.29, 0.717) is 5.56 Å². The number of esters is 2. The summed E-state index contributed by atoms with van der Waals surface area (Å²) in [6.45, 7) is -0.806. The summed E-state index contributed by atoms with van der Waals surface area (Å²) in [5.74, 6) is -2.29. The van der Waals surface area contributed by atoms with Gasteiger partial charge in [0.25, 0.3) is 0 Å². The van der Waals surface area contributed by atoms with Crippen LogP contribution in [-0.4, -0.2) is 83.1 Å². The molecule has 0 radical (unpaired) electrons. The molecule has 1 N–H and O–H groups in total. The zero-order valence-corrected chi connectivity index (χ0v) is 21.4. The van der Waals surface area contributed by atoms with Crippen molar-refractivity contribution in [2.24, 2.45) is 5.92 Å². The maximum Gasteiger partial charge on any atom is 0.340 e. The van der Waals surface area contributed by atoms with Gasteiger partial charge in [-0.05, 0) is 48.1 Å². The zero-order valence-electron chi connectivity index (χ0n) is 19.8. The summed E-state index contributed by atoms with van der Waals surface area (Å²) >= 11 is 0. The molecule has 1 aromatic carbocycles. The first kappa shape index (κ1) is 26.7. The highest BCUT2D eigenvalue weighted by Gasteiger charge is 2.38. The molecular weight excluding hydrogens is 498 g/mol. The Hall–Kier alpha value is -2.86. The van der Waals surface area contributed by atoms with E-state index >= 15 is 0 Å². The molecule has 192 valence electrons. The van der Waals surface area contributed by atoms with Crippen LogP contribution in [0.3, 0.4) is 0 Å². The topological polar surface area (TPSA) is 144 Å². The van der Waals surface area contributed by atoms with E-state index in [9.17, 15) is 31.5 Å². The molecule has 3 rings (SSSR count). The van der Waals surface area contributed by atoms with Crippen molar-refractivity contribution < 1.29 is 41.0 Å². The largest absolute Gasteiger partial charge is 0.508 e. The zero-order chi connectivity index (χ0) is 26.0. The Kier molecular flexibility index (Phi) is 7.95. The lowest BCUT2D eigenvalue weighted by Gasteiger charge is -2.31. The van der Waals surface area contributed by atoms with Crippen LogP contribution in [0.5, 0.6) is 5.75 Å². The number of aromatic hydroxyl groups is 1. The van der Waals surface area contributed by atoms with Gasteiger partial charge in [0, 0.05) is 25.8 Å². The number of carbonyl (C=O) groups is 2. The summed E-state index contributed by atoms with van der Waals surface area (Å²) < 4.78 is 56.1. The Morgan fingerprint density at radius 2 is 1.51 bits per heavy atom. The van der Waals surface area contributed by atoms with Crippen LogP contribution >= 0.6 is 0 Å². The van der Waals surface area contributed by atoms with Crippen LogP contribution in [0.2, 0.25) is 0 Å². The highest BCUT2D eigenvalue weighted by Crippen LogP contribution is 2.47. The Morgan fingerprint density at radius 3 is 2.03 bits per heavy atom. The molecule has 1 aliphatic heterocycles. The van der Waals surface area contributed by atoms with E-state index in [4.69, 9.17) is 9.47 Å². The van der Waals surface area contributed by atoms with Crippen molar-refractivity contribution in [1.82, 2.24) is 4.90 Å². The fourth-order valence-electron chi connectivity index (χ4n) is 3.81. The van der Waals surface area contributed by atoms with E-state index in [1.807, 2.05) is 0 Å². The van der Waals surface area contributed by atoms with Gasteiger partial charge in [-0.25, -0.2) is 26.4 Å². The van der Waals surface area contributed by atoms with Crippen molar-refractivity contribution >= 4 is 37.7 Å². The molecule has 0 aromatic heterocycles. The molecule has 1 heterocycles. The second-order valence-corrected chi connectivity index (χ2v) is 13.4. The Labute approximate surface area is 205 Å². The van der Waals surface area contributed by atoms with Gasteiger partial charge in [-0.2, -0.15) is 0 Å². The Morgan fingerprint density at radius 1 is 0.971 bits per heavy atom. The number of ether oxygens (including phenoxy) is 2. The minimum Gasteiger partial charge on any atom is -0.508 e. The molecular formula is C23H29NO9S2. The van der Waals surface area contributed by atoms with Gasteiger partial charge in [-0.1, -0.05) is 6.07 Å². The van der Waals surface area contributed by atoms with Crippen LogP contribution in [0, 0.1) is 5.92 Å². The third kappa shape index (κ3) is 7.56. The molecule has 12 heteroatoms. The van der Waals surface area contributed by atoms with Gasteiger partial charge in [0.05, 0.1) is 28.7 Å². The molecule has 0 saturated heterocycles. The second kappa shape index (κ2) is 10.4. The van der Waals surface area contributed by atoms with Crippen LogP contribution in [-0.2, 0) is 38.7 Å². The van der Waals surface area contributed by atoms with Gasteiger partial charge >= 0.3 is 11.9 Å². The van der Waals surface area contributed by atoms with Gasteiger partial charge in [0.1, 0.15) is 19.0 Å². The minimum absolute atomic E-state index is 0.0541. The normalized spacial score (nSPS) is 18.5. The fraction of sp³-hybridized carbons (Fsp3) is 0.478. The first-order valence-electron chi connectivity index (χ1n) is 10.9. The molecule has 1 atom stereocenters. The van der Waals surface area contributed by atoms with E-state index in [1.54, 1.807) is 24.1 Å². The molecule has 1 saturated carbocycles. The summed E-state index contributed by atoms with van der Waals surface area (Å²) in [6.07, 6.45) is 6.83. The van der Waals surface area contributed by atoms with E-state index in [-0.39, 0.29) is 34.6 Å². The van der Waals surface area contributed by atoms with Gasteiger partial charge in [-0.3, -0.25) is 0 Å². The van der Waals surface area contributed by atoms with Crippen LogP contribution in [0.1, 0.15) is 30.0 Å². The molecule has 1 unspecified atom stereocenters. The van der Waals surface area contributed by atoms with E-state index in [2.05, 4.69) is 0 Å². The number of sulfone groups is 2. The van der Waals surface area contributed by atoms with Crippen molar-refractivity contribution in [2.75, 3.05) is 44.3 Å². The summed E-state index contributed by atoms with van der Waals surface area (Å²) in [5.41, 5.74) is 1.03. The fourth-order valence-corrected chi connectivity index (χ4v) is 4.58. The molecule has 0 bridgehead atoms. The van der Waals surface area contributed by atoms with Crippen LogP contribution in [0.4, 0.5) is 0 Å². The smallest absolute Gasteiger partial charge is 0.340 e. The molecule has 1 aliphatic carbocycles. The van der Waals surface area contributed by atoms with Crippen molar-refractivity contribution in [2.45, 2.75) is 18.9 Å². The van der Waals surface area contributed by atoms with Gasteiger partial charge < -0.3 is 19.5 Å². The quantitative estimate of drug-likeness (QED) is 0.466. The Bertz CT molecular complexity index is 1280. The molecule has 1 aromatic rings. The third-order valence-corrected chi connectivity index (χ3v) is 7.45. The molecule has 0 amide bonds. The van der Waals surface area contributed by atoms with Gasteiger partial charge in [0.2, 0.25) is 0 Å². The first-order valence-corrected chi connectivity index (χ1v) is 15.1. The SMILES string of the molecule is CN1C=C(C(=O)OCCS(C)(=O)=O)C(C(=O)OCCS(C)(=O)=O)=Cc2ccc(O)cc2C1C1CC1. The number of carbonyl (C=O) groups excluding carboxylic acids is 2. The first-order chi connectivity index (χ1) is 16.2. The lowest BCUT2D eigenvalue weighted by Crippen LogP contribution is -2.28. The number of rotatable bonds is 9. The number of hydrogen-bond donors (Lipinski definition) is 1. The Balaban J connectivity index is 2.03.